The summed E-state index contributed by atoms with van der Waals surface area (Å²) in [4.78, 5) is 19.6. The van der Waals surface area contributed by atoms with Crippen LogP contribution in [-0.2, 0) is 9.26 Å². The molecule has 0 aromatic carbocycles. The molecule has 74 valence electrons. The molecule has 4 nitrogen and oxygen atoms in total. The number of ether oxygens (including phenoxy) is 1. The molecule has 0 aromatic rings. The molecule has 0 aromatic heterocycles. The molecule has 1 atom stereocenters. The Morgan fingerprint density at radius 2 is 1.92 bits per heavy atom. The van der Waals surface area contributed by atoms with E-state index in [1.54, 1.807) is 13.8 Å². The van der Waals surface area contributed by atoms with E-state index in [1.165, 1.54) is 0 Å². The summed E-state index contributed by atoms with van der Waals surface area (Å²) in [6.45, 7) is 4.45. The van der Waals surface area contributed by atoms with Crippen LogP contribution in [0, 0.1) is 0 Å². The van der Waals surface area contributed by atoms with Crippen LogP contribution >= 0.6 is 7.28 Å². The van der Waals surface area contributed by atoms with Crippen molar-refractivity contribution < 1.29 is 19.0 Å². The first-order chi connectivity index (χ1) is 5.48. The average molecular weight is 196 g/mol. The summed E-state index contributed by atoms with van der Waals surface area (Å²) in [5.41, 5.74) is 0. The third-order valence-electron chi connectivity index (χ3n) is 2.23. The summed E-state index contributed by atoms with van der Waals surface area (Å²) in [5, 5.41) is 0. The molecule has 0 spiro atoms. The zero-order valence-electron chi connectivity index (χ0n) is 7.56. The van der Waals surface area contributed by atoms with Crippen molar-refractivity contribution in [2.45, 2.75) is 20.0 Å². The van der Waals surface area contributed by atoms with E-state index in [-0.39, 0.29) is 18.4 Å². The third kappa shape index (κ3) is 2.64. The molecule has 0 saturated carbocycles. The van der Waals surface area contributed by atoms with Gasteiger partial charge in [-0.1, -0.05) is 0 Å². The van der Waals surface area contributed by atoms with Crippen molar-refractivity contribution in [1.29, 1.82) is 0 Å². The van der Waals surface area contributed by atoms with Crippen molar-refractivity contribution in [3.8, 4) is 0 Å². The van der Waals surface area contributed by atoms with E-state index in [0.717, 1.165) is 0 Å². The fourth-order valence-electron chi connectivity index (χ4n) is 0.826. The first-order valence-corrected chi connectivity index (χ1v) is 6.69. The quantitative estimate of drug-likeness (QED) is 0.502. The van der Waals surface area contributed by atoms with Gasteiger partial charge in [0.25, 0.3) is 0 Å². The van der Waals surface area contributed by atoms with E-state index >= 15 is 0 Å². The minimum atomic E-state index is -3.76. The monoisotopic (exact) mass is 196 g/mol. The Hall–Kier alpha value is 0.270. The van der Waals surface area contributed by atoms with Crippen LogP contribution in [0.4, 0.5) is 0 Å². The number of epoxide rings is 1. The van der Waals surface area contributed by atoms with Gasteiger partial charge in [-0.15, -0.1) is 0 Å². The summed E-state index contributed by atoms with van der Waals surface area (Å²) in [7, 11) is -3.76. The maximum atomic E-state index is 9.78. The van der Waals surface area contributed by atoms with Crippen molar-refractivity contribution in [3.05, 3.63) is 0 Å². The van der Waals surface area contributed by atoms with Crippen LogP contribution in [0.15, 0.2) is 0 Å². The van der Waals surface area contributed by atoms with Crippen LogP contribution in [0.3, 0.4) is 0 Å². The molecular weight excluding hydrogens is 179 g/mol. The molecule has 0 radical (unpaired) electrons. The molecule has 1 aliphatic heterocycles. The van der Waals surface area contributed by atoms with Crippen LogP contribution in [0.5, 0.6) is 0 Å². The van der Waals surface area contributed by atoms with E-state index in [0.29, 0.717) is 13.2 Å². The Bertz CT molecular complexity index is 159. The Balaban J connectivity index is 2.41. The molecule has 1 saturated heterocycles. The van der Waals surface area contributed by atoms with E-state index < -0.39 is 7.28 Å². The van der Waals surface area contributed by atoms with Gasteiger partial charge in [0.05, 0.1) is 0 Å². The summed E-state index contributed by atoms with van der Waals surface area (Å²) < 4.78 is 10.1. The van der Waals surface area contributed by atoms with Gasteiger partial charge in [0.2, 0.25) is 0 Å². The van der Waals surface area contributed by atoms with Gasteiger partial charge in [0, 0.05) is 0 Å². The molecule has 1 fully saturated rings. The maximum absolute atomic E-state index is 9.78. The van der Waals surface area contributed by atoms with E-state index in [9.17, 15) is 9.79 Å². The SMILES string of the molecule is CCP(O)(O)(CC)OCC1CO1. The summed E-state index contributed by atoms with van der Waals surface area (Å²) in [5.74, 6) is 0. The molecule has 0 bridgehead atoms. The average Bonchev–Trinajstić information content (AvgIpc) is 2.86. The van der Waals surface area contributed by atoms with Crippen molar-refractivity contribution in [3.63, 3.8) is 0 Å². The van der Waals surface area contributed by atoms with Crippen LogP contribution in [0.25, 0.3) is 0 Å². The molecule has 2 N–H and O–H groups in total. The van der Waals surface area contributed by atoms with Gasteiger partial charge in [-0.2, -0.15) is 0 Å². The molecule has 1 unspecified atom stereocenters. The molecule has 0 amide bonds. The van der Waals surface area contributed by atoms with Crippen LogP contribution in [0.1, 0.15) is 13.8 Å². The standard InChI is InChI=1S/C7H17O4P/c1-3-12(8,9,4-2)11-6-7-5-10-7/h7-9H,3-6H2,1-2H3. The first kappa shape index (κ1) is 10.4. The van der Waals surface area contributed by atoms with E-state index in [4.69, 9.17) is 9.26 Å². The van der Waals surface area contributed by atoms with Crippen molar-refractivity contribution in [2.24, 2.45) is 0 Å². The summed E-state index contributed by atoms with van der Waals surface area (Å²) in [6, 6.07) is 0. The fourth-order valence-corrected chi connectivity index (χ4v) is 2.15. The van der Waals surface area contributed by atoms with Gasteiger partial charge < -0.3 is 0 Å². The van der Waals surface area contributed by atoms with Gasteiger partial charge >= 0.3 is 71.8 Å². The van der Waals surface area contributed by atoms with Crippen LogP contribution in [-0.4, -0.2) is 41.4 Å². The van der Waals surface area contributed by atoms with Gasteiger partial charge in [-0.25, -0.2) is 0 Å². The van der Waals surface area contributed by atoms with Gasteiger partial charge in [-0.3, -0.25) is 0 Å². The number of rotatable bonds is 5. The van der Waals surface area contributed by atoms with E-state index in [1.807, 2.05) is 0 Å². The van der Waals surface area contributed by atoms with E-state index in [2.05, 4.69) is 0 Å². The molecular formula is C7H17O4P. The van der Waals surface area contributed by atoms with Crippen molar-refractivity contribution in [2.75, 3.05) is 25.5 Å². The Morgan fingerprint density at radius 1 is 1.42 bits per heavy atom. The minimum absolute atomic E-state index is 0.0869. The Kier molecular flexibility index (Phi) is 2.76. The Morgan fingerprint density at radius 3 is 2.25 bits per heavy atom. The normalized spacial score (nSPS) is 26.3. The number of hydrogen-bond donors (Lipinski definition) is 2. The fraction of sp³-hybridized carbons (Fsp3) is 1.00. The molecule has 1 heterocycles. The molecule has 0 aliphatic carbocycles. The molecule has 12 heavy (non-hydrogen) atoms. The number of hydrogen-bond acceptors (Lipinski definition) is 4. The molecule has 1 rings (SSSR count). The summed E-state index contributed by atoms with van der Waals surface area (Å²) >= 11 is 0. The summed E-state index contributed by atoms with van der Waals surface area (Å²) in [6.07, 6.45) is 0.660. The van der Waals surface area contributed by atoms with Gasteiger partial charge in [0.1, 0.15) is 0 Å². The first-order valence-electron chi connectivity index (χ1n) is 4.26. The molecule has 5 heteroatoms. The van der Waals surface area contributed by atoms with Gasteiger partial charge in [0.15, 0.2) is 0 Å². The van der Waals surface area contributed by atoms with Gasteiger partial charge in [-0.05, 0) is 0 Å². The van der Waals surface area contributed by atoms with Crippen molar-refractivity contribution in [1.82, 2.24) is 0 Å². The second-order valence-electron chi connectivity index (χ2n) is 3.18. The Labute approximate surface area is 72.7 Å². The second kappa shape index (κ2) is 3.20. The predicted octanol–water partition coefficient (Wildman–Crippen LogP) is 0.724. The zero-order chi connectivity index (χ0) is 9.27. The second-order valence-corrected chi connectivity index (χ2v) is 7.31. The third-order valence-corrected chi connectivity index (χ3v) is 5.52. The topological polar surface area (TPSA) is 62.2 Å². The van der Waals surface area contributed by atoms with Crippen molar-refractivity contribution >= 4 is 7.28 Å². The zero-order valence-corrected chi connectivity index (χ0v) is 8.46. The van der Waals surface area contributed by atoms with Crippen LogP contribution in [0.2, 0.25) is 0 Å². The van der Waals surface area contributed by atoms with Crippen LogP contribution < -0.4 is 0 Å². The molecule has 1 aliphatic rings. The predicted molar refractivity (Wildman–Crippen MR) is 48.1 cm³/mol.